The van der Waals surface area contributed by atoms with Crippen LogP contribution in [0.4, 0.5) is 0 Å². The van der Waals surface area contributed by atoms with Gasteiger partial charge in [0.05, 0.1) is 6.54 Å². The van der Waals surface area contributed by atoms with Crippen molar-refractivity contribution in [2.24, 2.45) is 0 Å². The molecule has 2 aliphatic rings. The second kappa shape index (κ2) is 8.46. The van der Waals surface area contributed by atoms with Gasteiger partial charge in [-0.3, -0.25) is 14.6 Å². The van der Waals surface area contributed by atoms with E-state index in [-0.39, 0.29) is 5.78 Å². The van der Waals surface area contributed by atoms with Gasteiger partial charge in [0.15, 0.2) is 5.78 Å². The summed E-state index contributed by atoms with van der Waals surface area (Å²) in [5.41, 5.74) is 4.57. The Labute approximate surface area is 168 Å². The van der Waals surface area contributed by atoms with Crippen LogP contribution in [-0.2, 0) is 0 Å². The molecule has 0 atom stereocenters. The van der Waals surface area contributed by atoms with Gasteiger partial charge in [-0.2, -0.15) is 0 Å². The summed E-state index contributed by atoms with van der Waals surface area (Å²) in [6.45, 7) is 9.72. The summed E-state index contributed by atoms with van der Waals surface area (Å²) in [5.74, 6) is 0.275. The van der Waals surface area contributed by atoms with Gasteiger partial charge < -0.3 is 4.57 Å². The van der Waals surface area contributed by atoms with Crippen LogP contribution in [-0.4, -0.2) is 59.4 Å². The summed E-state index contributed by atoms with van der Waals surface area (Å²) >= 11 is 0. The normalized spacial score (nSPS) is 18.8. The lowest BCUT2D eigenvalue weighted by molar-refractivity contribution is 0.0864. The smallest absolute Gasteiger partial charge is 0.178 e. The van der Waals surface area contributed by atoms with Crippen molar-refractivity contribution in [2.75, 3.05) is 39.3 Å². The molecule has 4 rings (SSSR count). The van der Waals surface area contributed by atoms with Crippen LogP contribution in [0.15, 0.2) is 42.5 Å². The molecule has 1 aliphatic carbocycles. The Bertz CT molecular complexity index is 840. The van der Waals surface area contributed by atoms with Crippen molar-refractivity contribution in [3.63, 3.8) is 0 Å². The highest BCUT2D eigenvalue weighted by Crippen LogP contribution is 2.38. The third kappa shape index (κ3) is 4.45. The lowest BCUT2D eigenvalue weighted by Crippen LogP contribution is -2.47. The minimum absolute atomic E-state index is 0.275. The monoisotopic (exact) mass is 377 g/mol. The molecule has 0 spiro atoms. The molecule has 1 aliphatic heterocycles. The van der Waals surface area contributed by atoms with Gasteiger partial charge in [0.1, 0.15) is 0 Å². The average molecular weight is 378 g/mol. The zero-order chi connectivity index (χ0) is 19.5. The summed E-state index contributed by atoms with van der Waals surface area (Å²) < 4.78 is 2.37. The minimum atomic E-state index is 0.275. The van der Waals surface area contributed by atoms with Crippen molar-refractivity contribution in [3.05, 3.63) is 65.0 Å². The van der Waals surface area contributed by atoms with E-state index in [1.807, 2.05) is 6.07 Å². The van der Waals surface area contributed by atoms with Crippen molar-refractivity contribution >= 4 is 11.9 Å². The molecule has 28 heavy (non-hydrogen) atoms. The van der Waals surface area contributed by atoms with E-state index in [4.69, 9.17) is 0 Å². The maximum absolute atomic E-state index is 12.9. The molecule has 4 nitrogen and oxygen atoms in total. The summed E-state index contributed by atoms with van der Waals surface area (Å²) in [6.07, 6.45) is 6.93. The molecule has 0 amide bonds. The van der Waals surface area contributed by atoms with Gasteiger partial charge >= 0.3 is 0 Å². The minimum Gasteiger partial charge on any atom is -0.345 e. The van der Waals surface area contributed by atoms with E-state index in [0.717, 1.165) is 44.0 Å². The van der Waals surface area contributed by atoms with Crippen LogP contribution in [0.1, 0.15) is 46.2 Å². The Morgan fingerprint density at radius 3 is 2.39 bits per heavy atom. The van der Waals surface area contributed by atoms with E-state index >= 15 is 0 Å². The predicted molar refractivity (Wildman–Crippen MR) is 115 cm³/mol. The van der Waals surface area contributed by atoms with Crippen LogP contribution in [0.5, 0.6) is 0 Å². The van der Waals surface area contributed by atoms with E-state index < -0.39 is 0 Å². The van der Waals surface area contributed by atoms with Crippen molar-refractivity contribution < 1.29 is 4.79 Å². The number of aromatic nitrogens is 1. The van der Waals surface area contributed by atoms with Gasteiger partial charge in [-0.15, -0.1) is 0 Å². The number of carbonyl (C=O) groups excluding carboxylic acids is 1. The van der Waals surface area contributed by atoms with Crippen molar-refractivity contribution in [1.29, 1.82) is 0 Å². The number of hydrogen-bond acceptors (Lipinski definition) is 3. The maximum Gasteiger partial charge on any atom is 0.178 e. The Morgan fingerprint density at radius 1 is 1.04 bits per heavy atom. The molecular formula is C24H31N3O. The highest BCUT2D eigenvalue weighted by atomic mass is 16.1. The standard InChI is InChI=1S/C24H31N3O/c1-19-17-23(20(2)27(19)22-10-11-22)24(28)18-26-15-13-25(14-16-26)12-6-9-21-7-4-3-5-8-21/h3-9,17,22H,10-16,18H2,1-2H3. The van der Waals surface area contributed by atoms with E-state index in [1.54, 1.807) is 0 Å². The van der Waals surface area contributed by atoms with Crippen LogP contribution in [0.3, 0.4) is 0 Å². The Balaban J connectivity index is 1.26. The lowest BCUT2D eigenvalue weighted by Gasteiger charge is -2.33. The number of carbonyl (C=O) groups is 1. The zero-order valence-corrected chi connectivity index (χ0v) is 17.1. The molecule has 2 aromatic rings. The van der Waals surface area contributed by atoms with Gasteiger partial charge in [-0.05, 0) is 38.3 Å². The molecule has 1 saturated carbocycles. The number of benzene rings is 1. The maximum atomic E-state index is 12.9. The Hall–Kier alpha value is -2.17. The highest BCUT2D eigenvalue weighted by molar-refractivity contribution is 5.99. The first kappa shape index (κ1) is 19.2. The van der Waals surface area contributed by atoms with Crippen LogP contribution in [0.2, 0.25) is 0 Å². The fourth-order valence-corrected chi connectivity index (χ4v) is 4.27. The lowest BCUT2D eigenvalue weighted by atomic mass is 10.1. The summed E-state index contributed by atoms with van der Waals surface area (Å²) in [6, 6.07) is 13.2. The molecule has 0 unspecified atom stereocenters. The fraction of sp³-hybridized carbons (Fsp3) is 0.458. The molecular weight excluding hydrogens is 346 g/mol. The van der Waals surface area contributed by atoms with E-state index in [9.17, 15) is 4.79 Å². The Kier molecular flexibility index (Phi) is 5.79. The van der Waals surface area contributed by atoms with Crippen LogP contribution in [0.25, 0.3) is 6.08 Å². The largest absolute Gasteiger partial charge is 0.345 e. The number of nitrogens with zero attached hydrogens (tertiary/aromatic N) is 3. The predicted octanol–water partition coefficient (Wildman–Crippen LogP) is 3.95. The van der Waals surface area contributed by atoms with E-state index in [2.05, 4.69) is 70.7 Å². The molecule has 1 saturated heterocycles. The third-order valence-corrected chi connectivity index (χ3v) is 6.00. The van der Waals surface area contributed by atoms with Gasteiger partial charge in [0, 0.05) is 55.7 Å². The molecule has 4 heteroatoms. The van der Waals surface area contributed by atoms with Crippen LogP contribution >= 0.6 is 0 Å². The van der Waals surface area contributed by atoms with Gasteiger partial charge in [0.25, 0.3) is 0 Å². The first-order valence-electron chi connectivity index (χ1n) is 10.5. The van der Waals surface area contributed by atoms with Crippen LogP contribution < -0.4 is 0 Å². The molecule has 2 heterocycles. The number of piperazine rings is 1. The fourth-order valence-electron chi connectivity index (χ4n) is 4.27. The van der Waals surface area contributed by atoms with Crippen LogP contribution in [0, 0.1) is 13.8 Å². The van der Waals surface area contributed by atoms with Gasteiger partial charge in [-0.1, -0.05) is 42.5 Å². The summed E-state index contributed by atoms with van der Waals surface area (Å²) in [7, 11) is 0. The molecule has 1 aromatic carbocycles. The van der Waals surface area contributed by atoms with Crippen molar-refractivity contribution in [1.82, 2.24) is 14.4 Å². The number of rotatable bonds is 7. The number of ketones is 1. The van der Waals surface area contributed by atoms with Gasteiger partial charge in [-0.25, -0.2) is 0 Å². The summed E-state index contributed by atoms with van der Waals surface area (Å²) in [4.78, 5) is 17.6. The quantitative estimate of drug-likeness (QED) is 0.684. The Morgan fingerprint density at radius 2 is 1.71 bits per heavy atom. The molecule has 0 bridgehead atoms. The molecule has 1 aromatic heterocycles. The molecule has 2 fully saturated rings. The topological polar surface area (TPSA) is 28.5 Å². The average Bonchev–Trinajstić information content (AvgIpc) is 3.48. The van der Waals surface area contributed by atoms with Crippen molar-refractivity contribution in [2.45, 2.75) is 32.7 Å². The second-order valence-corrected chi connectivity index (χ2v) is 8.20. The van der Waals surface area contributed by atoms with Crippen molar-refractivity contribution in [3.8, 4) is 0 Å². The van der Waals surface area contributed by atoms with E-state index in [0.29, 0.717) is 12.6 Å². The number of aryl methyl sites for hydroxylation is 1. The molecule has 0 radical (unpaired) electrons. The highest BCUT2D eigenvalue weighted by Gasteiger charge is 2.29. The van der Waals surface area contributed by atoms with Gasteiger partial charge in [0.2, 0.25) is 0 Å². The SMILES string of the molecule is Cc1cc(C(=O)CN2CCN(CC=Cc3ccccc3)CC2)c(C)n1C1CC1. The third-order valence-electron chi connectivity index (χ3n) is 6.00. The summed E-state index contributed by atoms with van der Waals surface area (Å²) in [5, 5.41) is 0. The first-order valence-corrected chi connectivity index (χ1v) is 10.5. The second-order valence-electron chi connectivity index (χ2n) is 8.20. The first-order chi connectivity index (χ1) is 13.6. The number of hydrogen-bond donors (Lipinski definition) is 0. The molecule has 148 valence electrons. The van der Waals surface area contributed by atoms with E-state index in [1.165, 1.54) is 24.1 Å². The number of Topliss-reactive ketones (excluding diaryl/α,β-unsaturated/α-hetero) is 1. The zero-order valence-electron chi connectivity index (χ0n) is 17.1. The molecule has 0 N–H and O–H groups in total.